The molecule has 0 aromatic carbocycles. The molecule has 3 rings (SSSR count). The molecule has 0 spiro atoms. The first-order chi connectivity index (χ1) is 12.6. The average Bonchev–Trinajstić information content (AvgIpc) is 3.16. The summed E-state index contributed by atoms with van der Waals surface area (Å²) in [5.74, 6) is 1.10. The van der Waals surface area contributed by atoms with Gasteiger partial charge in [-0.3, -0.25) is 4.79 Å². The zero-order chi connectivity index (χ0) is 19.8. The predicted octanol–water partition coefficient (Wildman–Crippen LogP) is 1.30. The van der Waals surface area contributed by atoms with E-state index in [9.17, 15) is 4.79 Å². The van der Waals surface area contributed by atoms with Crippen LogP contribution in [0.4, 0.5) is 5.95 Å². The second kappa shape index (κ2) is 7.56. The van der Waals surface area contributed by atoms with Crippen LogP contribution in [0.1, 0.15) is 34.1 Å². The topological polar surface area (TPSA) is 67.8 Å². The first kappa shape index (κ1) is 20.4. The van der Waals surface area contributed by atoms with Gasteiger partial charge in [0, 0.05) is 44.5 Å². The van der Waals surface area contributed by atoms with Crippen LogP contribution in [-0.2, 0) is 14.1 Å². The van der Waals surface area contributed by atoms with E-state index in [1.165, 1.54) is 0 Å². The van der Waals surface area contributed by atoms with Crippen molar-refractivity contribution in [2.45, 2.75) is 45.3 Å². The largest absolute Gasteiger partial charge is 0.498 e. The summed E-state index contributed by atoms with van der Waals surface area (Å²) in [5.41, 5.74) is 0.0368. The van der Waals surface area contributed by atoms with Crippen molar-refractivity contribution >= 4 is 36.0 Å². The third-order valence-electron chi connectivity index (χ3n) is 5.81. The molecule has 0 aliphatic carbocycles. The first-order valence-electron chi connectivity index (χ1n) is 9.35. The summed E-state index contributed by atoms with van der Waals surface area (Å²) in [6.07, 6.45) is 4.50. The van der Waals surface area contributed by atoms with Crippen LogP contribution in [0.3, 0.4) is 0 Å². The number of amides is 1. The van der Waals surface area contributed by atoms with Crippen molar-refractivity contribution < 1.29 is 14.1 Å². The van der Waals surface area contributed by atoms with E-state index >= 15 is 0 Å². The minimum absolute atomic E-state index is 0.00448. The Bertz CT molecular complexity index is 670. The lowest BCUT2D eigenvalue weighted by Crippen LogP contribution is -2.41. The Balaban J connectivity index is 1.59. The van der Waals surface area contributed by atoms with Crippen LogP contribution in [0.25, 0.3) is 0 Å². The molecule has 0 saturated carbocycles. The fourth-order valence-corrected chi connectivity index (χ4v) is 3.56. The van der Waals surface area contributed by atoms with Crippen LogP contribution in [0.5, 0.6) is 0 Å². The van der Waals surface area contributed by atoms with Crippen molar-refractivity contribution in [1.82, 2.24) is 14.9 Å². The lowest BCUT2D eigenvalue weighted by Gasteiger charge is -2.32. The van der Waals surface area contributed by atoms with Gasteiger partial charge in [0.25, 0.3) is 0 Å². The van der Waals surface area contributed by atoms with Gasteiger partial charge in [-0.15, -0.1) is 11.6 Å². The molecule has 148 valence electrons. The molecule has 2 fully saturated rings. The highest BCUT2D eigenvalue weighted by molar-refractivity contribution is 6.61. The second-order valence-corrected chi connectivity index (χ2v) is 8.68. The van der Waals surface area contributed by atoms with Crippen molar-refractivity contribution in [3.63, 3.8) is 0 Å². The quantitative estimate of drug-likeness (QED) is 0.554. The van der Waals surface area contributed by atoms with Crippen molar-refractivity contribution in [3.05, 3.63) is 12.4 Å². The maximum Gasteiger partial charge on any atom is 0.498 e. The van der Waals surface area contributed by atoms with Gasteiger partial charge in [0.2, 0.25) is 11.9 Å². The molecular formula is C18H28BClN4O3. The van der Waals surface area contributed by atoms with E-state index in [1.54, 1.807) is 12.4 Å². The van der Waals surface area contributed by atoms with Crippen molar-refractivity contribution in [1.29, 1.82) is 0 Å². The number of carbonyl (C=O) groups is 1. The number of carbonyl (C=O) groups excluding carboxylic acids is 1. The van der Waals surface area contributed by atoms with Gasteiger partial charge in [-0.25, -0.2) is 9.97 Å². The maximum atomic E-state index is 11.7. The average molecular weight is 395 g/mol. The fourth-order valence-electron chi connectivity index (χ4n) is 3.39. The summed E-state index contributed by atoms with van der Waals surface area (Å²) < 4.78 is 12.1. The molecule has 27 heavy (non-hydrogen) atoms. The SMILES string of the molecule is CN(CC1CCN(C(=O)CCl)C1)c1ncc(B2OC(C)(C)C(C)(C)O2)cn1. The van der Waals surface area contributed by atoms with Gasteiger partial charge < -0.3 is 19.1 Å². The molecule has 2 saturated heterocycles. The summed E-state index contributed by atoms with van der Waals surface area (Å²) in [7, 11) is 1.51. The number of hydrogen-bond acceptors (Lipinski definition) is 6. The summed E-state index contributed by atoms with van der Waals surface area (Å²) in [4.78, 5) is 24.5. The second-order valence-electron chi connectivity index (χ2n) is 8.41. The summed E-state index contributed by atoms with van der Waals surface area (Å²) >= 11 is 5.64. The number of anilines is 1. The van der Waals surface area contributed by atoms with Gasteiger partial charge in [-0.2, -0.15) is 0 Å². The third kappa shape index (κ3) is 4.22. The maximum absolute atomic E-state index is 11.7. The Morgan fingerprint density at radius 2 is 1.89 bits per heavy atom. The molecule has 9 heteroatoms. The smallest absolute Gasteiger partial charge is 0.399 e. The lowest BCUT2D eigenvalue weighted by molar-refractivity contribution is -0.127. The summed E-state index contributed by atoms with van der Waals surface area (Å²) in [6.45, 7) is 10.4. The van der Waals surface area contributed by atoms with Gasteiger partial charge >= 0.3 is 7.12 Å². The van der Waals surface area contributed by atoms with Crippen LogP contribution in [0.2, 0.25) is 0 Å². The Morgan fingerprint density at radius 3 is 2.44 bits per heavy atom. The van der Waals surface area contributed by atoms with Crippen LogP contribution < -0.4 is 10.4 Å². The zero-order valence-corrected chi connectivity index (χ0v) is 17.5. The number of rotatable bonds is 5. The molecule has 1 aromatic rings. The van der Waals surface area contributed by atoms with Crippen LogP contribution in [-0.4, -0.2) is 71.7 Å². The van der Waals surface area contributed by atoms with Crippen LogP contribution in [0.15, 0.2) is 12.4 Å². The summed E-state index contributed by atoms with van der Waals surface area (Å²) in [5, 5.41) is 0. The Labute approximate surface area is 166 Å². The number of alkyl halides is 1. The summed E-state index contributed by atoms with van der Waals surface area (Å²) in [6, 6.07) is 0. The molecule has 2 aliphatic rings. The van der Waals surface area contributed by atoms with Gasteiger partial charge in [0.15, 0.2) is 0 Å². The van der Waals surface area contributed by atoms with Crippen molar-refractivity contribution in [3.8, 4) is 0 Å². The van der Waals surface area contributed by atoms with Crippen molar-refractivity contribution in [2.24, 2.45) is 5.92 Å². The van der Waals surface area contributed by atoms with E-state index in [2.05, 4.69) is 9.97 Å². The molecule has 1 amide bonds. The fraction of sp³-hybridized carbons (Fsp3) is 0.722. The number of hydrogen-bond donors (Lipinski definition) is 0. The predicted molar refractivity (Wildman–Crippen MR) is 106 cm³/mol. The molecule has 0 bridgehead atoms. The molecule has 1 atom stereocenters. The standard InChI is InChI=1S/C18H28BClN4O3/c1-17(2)18(3,4)27-19(26-17)14-9-21-16(22-10-14)23(5)11-13-6-7-24(12-13)15(25)8-20/h9-10,13H,6-8,11-12H2,1-5H3. The van der Waals surface area contributed by atoms with Crippen molar-refractivity contribution in [2.75, 3.05) is 37.5 Å². The number of halogens is 1. The van der Waals surface area contributed by atoms with Gasteiger partial charge in [-0.1, -0.05) is 0 Å². The normalized spacial score (nSPS) is 23.7. The highest BCUT2D eigenvalue weighted by Gasteiger charge is 2.52. The van der Waals surface area contributed by atoms with E-state index < -0.39 is 7.12 Å². The van der Waals surface area contributed by atoms with E-state index in [0.717, 1.165) is 31.5 Å². The van der Waals surface area contributed by atoms with Gasteiger partial charge in [0.05, 0.1) is 11.2 Å². The minimum atomic E-state index is -0.459. The monoisotopic (exact) mass is 394 g/mol. The van der Waals surface area contributed by atoms with E-state index in [1.807, 2.05) is 44.5 Å². The molecular weight excluding hydrogens is 366 g/mol. The zero-order valence-electron chi connectivity index (χ0n) is 16.7. The highest BCUT2D eigenvalue weighted by atomic mass is 35.5. The lowest BCUT2D eigenvalue weighted by atomic mass is 9.81. The molecule has 1 aromatic heterocycles. The Kier molecular flexibility index (Phi) is 5.70. The van der Waals surface area contributed by atoms with Gasteiger partial charge in [0.1, 0.15) is 5.88 Å². The molecule has 1 unspecified atom stereocenters. The number of nitrogens with zero attached hydrogens (tertiary/aromatic N) is 4. The first-order valence-corrected chi connectivity index (χ1v) is 9.89. The van der Waals surface area contributed by atoms with E-state index in [4.69, 9.17) is 20.9 Å². The number of aromatic nitrogens is 2. The van der Waals surface area contributed by atoms with Crippen LogP contribution in [0, 0.1) is 5.92 Å². The van der Waals surface area contributed by atoms with E-state index in [-0.39, 0.29) is 23.0 Å². The minimum Gasteiger partial charge on any atom is -0.399 e. The Morgan fingerprint density at radius 1 is 1.30 bits per heavy atom. The third-order valence-corrected chi connectivity index (χ3v) is 6.04. The Hall–Kier alpha value is -1.38. The van der Waals surface area contributed by atoms with Gasteiger partial charge in [-0.05, 0) is 40.0 Å². The highest BCUT2D eigenvalue weighted by Crippen LogP contribution is 2.36. The van der Waals surface area contributed by atoms with E-state index in [0.29, 0.717) is 11.9 Å². The molecule has 7 nitrogen and oxygen atoms in total. The van der Waals surface area contributed by atoms with Crippen LogP contribution >= 0.6 is 11.6 Å². The number of likely N-dealkylation sites (tertiary alicyclic amines) is 1. The molecule has 3 heterocycles. The molecule has 2 aliphatic heterocycles. The molecule has 0 N–H and O–H groups in total. The molecule has 0 radical (unpaired) electrons.